The van der Waals surface area contributed by atoms with Crippen LogP contribution in [0.2, 0.25) is 0 Å². The maximum absolute atomic E-state index is 11.9. The molecule has 0 atom stereocenters. The van der Waals surface area contributed by atoms with Gasteiger partial charge in [-0.25, -0.2) is 0 Å². The molecule has 1 aromatic rings. The molecule has 0 aliphatic carbocycles. The number of carbonyl (C=O) groups is 2. The van der Waals surface area contributed by atoms with Crippen molar-refractivity contribution in [3.63, 3.8) is 0 Å². The third-order valence-electron chi connectivity index (χ3n) is 3.38. The van der Waals surface area contributed by atoms with Gasteiger partial charge in [0.1, 0.15) is 0 Å². The number of aliphatic hydroxyl groups excluding tert-OH is 1. The standard InChI is InChI=1S/C18H28N2O3/c1-18(2,3)11-4-6-16(22)20-15-9-7-14(8-10-15)17(23)19-12-5-13-21/h7-10,21H,4-6,11-13H2,1-3H3,(H,19,23)(H,20,22). The van der Waals surface area contributed by atoms with E-state index in [-0.39, 0.29) is 23.8 Å². The summed E-state index contributed by atoms with van der Waals surface area (Å²) in [6.45, 7) is 6.99. The van der Waals surface area contributed by atoms with E-state index in [0.717, 1.165) is 12.8 Å². The van der Waals surface area contributed by atoms with Crippen LogP contribution in [0.3, 0.4) is 0 Å². The quantitative estimate of drug-likeness (QED) is 0.644. The van der Waals surface area contributed by atoms with Gasteiger partial charge >= 0.3 is 0 Å². The number of carbonyl (C=O) groups excluding carboxylic acids is 2. The first-order valence-corrected chi connectivity index (χ1v) is 8.11. The van der Waals surface area contributed by atoms with Crippen molar-refractivity contribution in [2.75, 3.05) is 18.5 Å². The van der Waals surface area contributed by atoms with Gasteiger partial charge in [0.25, 0.3) is 5.91 Å². The maximum atomic E-state index is 11.9. The summed E-state index contributed by atoms with van der Waals surface area (Å²) in [4.78, 5) is 23.7. The van der Waals surface area contributed by atoms with Crippen molar-refractivity contribution >= 4 is 17.5 Å². The van der Waals surface area contributed by atoms with E-state index in [4.69, 9.17) is 5.11 Å². The highest BCUT2D eigenvalue weighted by Crippen LogP contribution is 2.21. The summed E-state index contributed by atoms with van der Waals surface area (Å²) in [6.07, 6.45) is 2.91. The zero-order chi connectivity index (χ0) is 17.3. The molecule has 3 N–H and O–H groups in total. The SMILES string of the molecule is CC(C)(C)CCCC(=O)Nc1ccc(C(=O)NCCCO)cc1. The topological polar surface area (TPSA) is 78.4 Å². The van der Waals surface area contributed by atoms with Crippen LogP contribution >= 0.6 is 0 Å². The lowest BCUT2D eigenvalue weighted by atomic mass is 9.90. The number of hydrogen-bond donors (Lipinski definition) is 3. The van der Waals surface area contributed by atoms with Gasteiger partial charge in [0.15, 0.2) is 0 Å². The van der Waals surface area contributed by atoms with E-state index >= 15 is 0 Å². The van der Waals surface area contributed by atoms with Gasteiger partial charge in [-0.05, 0) is 48.9 Å². The first-order valence-electron chi connectivity index (χ1n) is 8.11. The predicted octanol–water partition coefficient (Wildman–Crippen LogP) is 2.95. The molecule has 0 saturated heterocycles. The molecule has 0 heterocycles. The second kappa shape index (κ2) is 9.30. The van der Waals surface area contributed by atoms with E-state index in [9.17, 15) is 9.59 Å². The van der Waals surface area contributed by atoms with Gasteiger partial charge in [0.05, 0.1) is 0 Å². The average molecular weight is 320 g/mol. The summed E-state index contributed by atoms with van der Waals surface area (Å²) >= 11 is 0. The Balaban J connectivity index is 2.41. The molecule has 0 aliphatic heterocycles. The Labute approximate surface area is 138 Å². The van der Waals surface area contributed by atoms with E-state index in [0.29, 0.717) is 30.6 Å². The Morgan fingerprint density at radius 2 is 1.74 bits per heavy atom. The Kier molecular flexibility index (Phi) is 7.75. The Bertz CT molecular complexity index is 504. The summed E-state index contributed by atoms with van der Waals surface area (Å²) in [5, 5.41) is 14.2. The largest absolute Gasteiger partial charge is 0.396 e. The summed E-state index contributed by atoms with van der Waals surface area (Å²) < 4.78 is 0. The van der Waals surface area contributed by atoms with Gasteiger partial charge in [-0.1, -0.05) is 20.8 Å². The van der Waals surface area contributed by atoms with Crippen LogP contribution in [0.1, 0.15) is 56.8 Å². The number of aliphatic hydroxyl groups is 1. The maximum Gasteiger partial charge on any atom is 0.251 e. The van der Waals surface area contributed by atoms with Crippen LogP contribution in [0.5, 0.6) is 0 Å². The first-order chi connectivity index (χ1) is 10.8. The number of amides is 2. The van der Waals surface area contributed by atoms with Crippen LogP contribution in [0.15, 0.2) is 24.3 Å². The van der Waals surface area contributed by atoms with E-state index < -0.39 is 0 Å². The molecular weight excluding hydrogens is 292 g/mol. The lowest BCUT2D eigenvalue weighted by Gasteiger charge is -2.17. The molecule has 0 spiro atoms. The molecule has 0 bridgehead atoms. The van der Waals surface area contributed by atoms with Gasteiger partial charge in [0.2, 0.25) is 5.91 Å². The van der Waals surface area contributed by atoms with Crippen molar-refractivity contribution in [2.24, 2.45) is 5.41 Å². The summed E-state index contributed by atoms with van der Waals surface area (Å²) in [5.74, 6) is -0.184. The fraction of sp³-hybridized carbons (Fsp3) is 0.556. The molecule has 128 valence electrons. The first kappa shape index (κ1) is 19.2. The van der Waals surface area contributed by atoms with Gasteiger partial charge < -0.3 is 15.7 Å². The predicted molar refractivity (Wildman–Crippen MR) is 92.4 cm³/mol. The molecule has 0 radical (unpaired) electrons. The highest BCUT2D eigenvalue weighted by molar-refractivity contribution is 5.95. The van der Waals surface area contributed by atoms with Crippen molar-refractivity contribution in [3.05, 3.63) is 29.8 Å². The number of rotatable bonds is 8. The van der Waals surface area contributed by atoms with Crippen molar-refractivity contribution in [1.82, 2.24) is 5.32 Å². The molecule has 5 nitrogen and oxygen atoms in total. The van der Waals surface area contributed by atoms with Gasteiger partial charge in [-0.15, -0.1) is 0 Å². The van der Waals surface area contributed by atoms with Crippen LogP contribution in [0.4, 0.5) is 5.69 Å². The second-order valence-electron chi connectivity index (χ2n) is 6.87. The van der Waals surface area contributed by atoms with Crippen molar-refractivity contribution in [1.29, 1.82) is 0 Å². The lowest BCUT2D eigenvalue weighted by Crippen LogP contribution is -2.25. The third kappa shape index (κ3) is 8.35. The summed E-state index contributed by atoms with van der Waals surface area (Å²) in [7, 11) is 0. The Morgan fingerprint density at radius 3 is 2.30 bits per heavy atom. The molecule has 23 heavy (non-hydrogen) atoms. The summed E-state index contributed by atoms with van der Waals surface area (Å²) in [6, 6.07) is 6.81. The molecule has 0 unspecified atom stereocenters. The van der Waals surface area contributed by atoms with E-state index in [2.05, 4.69) is 31.4 Å². The second-order valence-corrected chi connectivity index (χ2v) is 6.87. The van der Waals surface area contributed by atoms with Crippen LogP contribution < -0.4 is 10.6 Å². The molecule has 1 aromatic carbocycles. The Morgan fingerprint density at radius 1 is 1.09 bits per heavy atom. The molecule has 2 amide bonds. The monoisotopic (exact) mass is 320 g/mol. The minimum Gasteiger partial charge on any atom is -0.396 e. The van der Waals surface area contributed by atoms with Crippen molar-refractivity contribution in [2.45, 2.75) is 46.5 Å². The lowest BCUT2D eigenvalue weighted by molar-refractivity contribution is -0.116. The van der Waals surface area contributed by atoms with Crippen LogP contribution in [-0.2, 0) is 4.79 Å². The zero-order valence-electron chi connectivity index (χ0n) is 14.3. The van der Waals surface area contributed by atoms with E-state index in [1.54, 1.807) is 24.3 Å². The highest BCUT2D eigenvalue weighted by Gasteiger charge is 2.11. The van der Waals surface area contributed by atoms with Gasteiger partial charge in [-0.3, -0.25) is 9.59 Å². The number of hydrogen-bond acceptors (Lipinski definition) is 3. The Hall–Kier alpha value is -1.88. The summed E-state index contributed by atoms with van der Waals surface area (Å²) in [5.41, 5.74) is 1.47. The molecule has 0 aliphatic rings. The molecule has 0 saturated carbocycles. The molecule has 0 fully saturated rings. The smallest absolute Gasteiger partial charge is 0.251 e. The zero-order valence-corrected chi connectivity index (χ0v) is 14.3. The molecule has 5 heteroatoms. The van der Waals surface area contributed by atoms with Gasteiger partial charge in [0, 0.05) is 30.8 Å². The van der Waals surface area contributed by atoms with Gasteiger partial charge in [-0.2, -0.15) is 0 Å². The fourth-order valence-electron chi connectivity index (χ4n) is 2.09. The highest BCUT2D eigenvalue weighted by atomic mass is 16.3. The third-order valence-corrected chi connectivity index (χ3v) is 3.38. The minimum atomic E-state index is -0.179. The normalized spacial score (nSPS) is 11.1. The molecular formula is C18H28N2O3. The molecule has 0 aromatic heterocycles. The van der Waals surface area contributed by atoms with Crippen LogP contribution in [-0.4, -0.2) is 30.1 Å². The van der Waals surface area contributed by atoms with Crippen molar-refractivity contribution < 1.29 is 14.7 Å². The number of anilines is 1. The van der Waals surface area contributed by atoms with Crippen LogP contribution in [0.25, 0.3) is 0 Å². The molecule has 1 rings (SSSR count). The van der Waals surface area contributed by atoms with Crippen LogP contribution in [0, 0.1) is 5.41 Å². The minimum absolute atomic E-state index is 0.00519. The average Bonchev–Trinajstić information content (AvgIpc) is 2.46. The van der Waals surface area contributed by atoms with E-state index in [1.807, 2.05) is 0 Å². The fourth-order valence-corrected chi connectivity index (χ4v) is 2.09. The number of benzene rings is 1. The van der Waals surface area contributed by atoms with E-state index in [1.165, 1.54) is 0 Å². The van der Waals surface area contributed by atoms with Crippen molar-refractivity contribution in [3.8, 4) is 0 Å². The number of nitrogens with one attached hydrogen (secondary N) is 2.